The third kappa shape index (κ3) is 4.31. The number of piperidine rings is 1. The monoisotopic (exact) mass is 267 g/mol. The Morgan fingerprint density at radius 1 is 1.36 bits per heavy atom. The van der Waals surface area contributed by atoms with Crippen molar-refractivity contribution in [3.63, 3.8) is 0 Å². The minimum Gasteiger partial charge on any atom is -0.317 e. The number of halogens is 1. The first-order valence-electron chi connectivity index (χ1n) is 4.47. The van der Waals surface area contributed by atoms with Gasteiger partial charge in [-0.15, -0.1) is 0 Å². The quantitative estimate of drug-likeness (QED) is 0.599. The molecule has 1 aliphatic heterocycles. The summed E-state index contributed by atoms with van der Waals surface area (Å²) >= 11 is 2.56. The van der Waals surface area contributed by atoms with Crippen molar-refractivity contribution in [3.8, 4) is 0 Å². The average Bonchev–Trinajstić information content (AvgIpc) is 1.85. The van der Waals surface area contributed by atoms with Crippen molar-refractivity contribution in [1.29, 1.82) is 0 Å². The number of rotatable bonds is 2. The summed E-state index contributed by atoms with van der Waals surface area (Å²) in [6.45, 7) is 7.12. The van der Waals surface area contributed by atoms with Crippen molar-refractivity contribution < 1.29 is 0 Å². The molecule has 1 heterocycles. The molecule has 1 aliphatic rings. The van der Waals surface area contributed by atoms with Crippen LogP contribution in [0.3, 0.4) is 0 Å². The molecule has 0 spiro atoms. The topological polar surface area (TPSA) is 12.0 Å². The van der Waals surface area contributed by atoms with E-state index in [1.165, 1.54) is 32.4 Å². The van der Waals surface area contributed by atoms with E-state index in [-0.39, 0.29) is 0 Å². The maximum absolute atomic E-state index is 3.40. The lowest BCUT2D eigenvalue weighted by Gasteiger charge is -2.28. The molecule has 0 amide bonds. The normalized spacial score (nSPS) is 22.1. The fourth-order valence-corrected chi connectivity index (χ4v) is 2.40. The Labute approximate surface area is 83.5 Å². The van der Waals surface area contributed by atoms with Crippen LogP contribution in [0.4, 0.5) is 0 Å². The molecule has 0 unspecified atom stereocenters. The molecule has 2 heteroatoms. The standard InChI is InChI=1S/C9H18IN/c1-9(2,10)7-8-3-5-11-6-4-8/h8,11H,3-7H2,1-2H3. The lowest BCUT2D eigenvalue weighted by molar-refractivity contribution is 0.336. The molecule has 0 atom stereocenters. The van der Waals surface area contributed by atoms with Gasteiger partial charge in [-0.2, -0.15) is 0 Å². The van der Waals surface area contributed by atoms with E-state index in [0.717, 1.165) is 5.92 Å². The maximum Gasteiger partial charge on any atom is 0.0168 e. The molecule has 1 fully saturated rings. The van der Waals surface area contributed by atoms with Crippen LogP contribution in [0.2, 0.25) is 0 Å². The van der Waals surface area contributed by atoms with Gasteiger partial charge in [0.2, 0.25) is 0 Å². The molecule has 0 saturated carbocycles. The molecule has 0 bridgehead atoms. The van der Waals surface area contributed by atoms with E-state index in [9.17, 15) is 0 Å². The summed E-state index contributed by atoms with van der Waals surface area (Å²) in [5.41, 5.74) is 0. The van der Waals surface area contributed by atoms with E-state index in [4.69, 9.17) is 0 Å². The van der Waals surface area contributed by atoms with Crippen LogP contribution < -0.4 is 5.32 Å². The van der Waals surface area contributed by atoms with Gasteiger partial charge in [-0.1, -0.05) is 36.4 Å². The Morgan fingerprint density at radius 2 is 1.91 bits per heavy atom. The van der Waals surface area contributed by atoms with Crippen LogP contribution in [0.1, 0.15) is 33.1 Å². The minimum absolute atomic E-state index is 0.500. The molecular weight excluding hydrogens is 249 g/mol. The van der Waals surface area contributed by atoms with E-state index in [1.54, 1.807) is 0 Å². The van der Waals surface area contributed by atoms with Crippen molar-refractivity contribution in [1.82, 2.24) is 5.32 Å². The zero-order valence-electron chi connectivity index (χ0n) is 7.49. The smallest absolute Gasteiger partial charge is 0.0168 e. The lowest BCUT2D eigenvalue weighted by Crippen LogP contribution is -2.30. The van der Waals surface area contributed by atoms with E-state index in [1.807, 2.05) is 0 Å². The molecule has 1 saturated heterocycles. The van der Waals surface area contributed by atoms with Gasteiger partial charge in [0.25, 0.3) is 0 Å². The van der Waals surface area contributed by atoms with Gasteiger partial charge in [-0.05, 0) is 38.3 Å². The fraction of sp³-hybridized carbons (Fsp3) is 1.00. The molecule has 0 aromatic heterocycles. The van der Waals surface area contributed by atoms with E-state index in [2.05, 4.69) is 41.8 Å². The van der Waals surface area contributed by atoms with Crippen LogP contribution in [-0.4, -0.2) is 16.5 Å². The largest absolute Gasteiger partial charge is 0.317 e. The second-order valence-corrected chi connectivity index (χ2v) is 7.04. The van der Waals surface area contributed by atoms with Gasteiger partial charge in [-0.25, -0.2) is 0 Å². The molecule has 1 rings (SSSR count). The summed E-state index contributed by atoms with van der Waals surface area (Å²) in [7, 11) is 0. The molecule has 1 N–H and O–H groups in total. The van der Waals surface area contributed by atoms with Gasteiger partial charge in [-0.3, -0.25) is 0 Å². The van der Waals surface area contributed by atoms with Crippen LogP contribution in [0.25, 0.3) is 0 Å². The van der Waals surface area contributed by atoms with Gasteiger partial charge in [0.1, 0.15) is 0 Å². The Bertz CT molecular complexity index is 111. The van der Waals surface area contributed by atoms with Crippen LogP contribution in [0, 0.1) is 5.92 Å². The third-order valence-electron chi connectivity index (χ3n) is 2.23. The number of nitrogens with one attached hydrogen (secondary N) is 1. The highest BCUT2D eigenvalue weighted by atomic mass is 127. The first-order chi connectivity index (χ1) is 5.08. The summed E-state index contributed by atoms with van der Waals surface area (Å²) in [4.78, 5) is 0. The summed E-state index contributed by atoms with van der Waals surface area (Å²) in [6.07, 6.45) is 4.15. The Morgan fingerprint density at radius 3 is 2.36 bits per heavy atom. The van der Waals surface area contributed by atoms with E-state index >= 15 is 0 Å². The molecule has 0 aromatic rings. The van der Waals surface area contributed by atoms with E-state index < -0.39 is 0 Å². The van der Waals surface area contributed by atoms with Crippen molar-refractivity contribution >= 4 is 22.6 Å². The Balaban J connectivity index is 2.24. The van der Waals surface area contributed by atoms with Crippen LogP contribution >= 0.6 is 22.6 Å². The SMILES string of the molecule is CC(C)(I)CC1CCNCC1. The highest BCUT2D eigenvalue weighted by molar-refractivity contribution is 14.1. The third-order valence-corrected chi connectivity index (χ3v) is 2.67. The second-order valence-electron chi connectivity index (χ2n) is 4.12. The molecule has 1 nitrogen and oxygen atoms in total. The van der Waals surface area contributed by atoms with Crippen LogP contribution in [0.5, 0.6) is 0 Å². The van der Waals surface area contributed by atoms with Gasteiger partial charge in [0.15, 0.2) is 0 Å². The Kier molecular flexibility index (Phi) is 3.62. The first-order valence-corrected chi connectivity index (χ1v) is 5.55. The van der Waals surface area contributed by atoms with Crippen molar-refractivity contribution in [2.24, 2.45) is 5.92 Å². The maximum atomic E-state index is 3.40. The molecule has 0 aromatic carbocycles. The van der Waals surface area contributed by atoms with Gasteiger partial charge >= 0.3 is 0 Å². The highest BCUT2D eigenvalue weighted by Crippen LogP contribution is 2.29. The molecule has 11 heavy (non-hydrogen) atoms. The summed E-state index contributed by atoms with van der Waals surface area (Å²) in [5, 5.41) is 3.40. The summed E-state index contributed by atoms with van der Waals surface area (Å²) < 4.78 is 0.500. The van der Waals surface area contributed by atoms with Crippen molar-refractivity contribution in [2.75, 3.05) is 13.1 Å². The predicted octanol–water partition coefficient (Wildman–Crippen LogP) is 2.59. The number of alkyl halides is 1. The lowest BCUT2D eigenvalue weighted by atomic mass is 9.89. The minimum atomic E-state index is 0.500. The molecule has 0 aliphatic carbocycles. The first kappa shape index (κ1) is 9.78. The molecule has 66 valence electrons. The molecule has 0 radical (unpaired) electrons. The fourth-order valence-electron chi connectivity index (χ4n) is 1.77. The summed E-state index contributed by atoms with van der Waals surface area (Å²) in [6, 6.07) is 0. The second kappa shape index (κ2) is 4.08. The number of hydrogen-bond donors (Lipinski definition) is 1. The number of hydrogen-bond acceptors (Lipinski definition) is 1. The van der Waals surface area contributed by atoms with Gasteiger partial charge < -0.3 is 5.32 Å². The zero-order chi connectivity index (χ0) is 8.32. The predicted molar refractivity (Wildman–Crippen MR) is 58.3 cm³/mol. The Hall–Kier alpha value is 0.690. The van der Waals surface area contributed by atoms with Crippen molar-refractivity contribution in [2.45, 2.75) is 36.5 Å². The van der Waals surface area contributed by atoms with Crippen molar-refractivity contribution in [3.05, 3.63) is 0 Å². The van der Waals surface area contributed by atoms with Crippen LogP contribution in [0.15, 0.2) is 0 Å². The molecular formula is C9H18IN. The summed E-state index contributed by atoms with van der Waals surface area (Å²) in [5.74, 6) is 0.975. The average molecular weight is 267 g/mol. The van der Waals surface area contributed by atoms with Crippen LogP contribution in [-0.2, 0) is 0 Å². The zero-order valence-corrected chi connectivity index (χ0v) is 9.65. The van der Waals surface area contributed by atoms with E-state index in [0.29, 0.717) is 3.42 Å². The van der Waals surface area contributed by atoms with Gasteiger partial charge in [0, 0.05) is 3.42 Å². The highest BCUT2D eigenvalue weighted by Gasteiger charge is 2.21. The van der Waals surface area contributed by atoms with Gasteiger partial charge in [0.05, 0.1) is 0 Å².